The van der Waals surface area contributed by atoms with Crippen molar-refractivity contribution < 1.29 is 4.79 Å². The Balaban J connectivity index is 1.83. The van der Waals surface area contributed by atoms with Gasteiger partial charge in [-0.2, -0.15) is 5.10 Å². The Morgan fingerprint density at radius 1 is 1.04 bits per heavy atom. The van der Waals surface area contributed by atoms with Gasteiger partial charge in [-0.05, 0) is 31.3 Å². The number of H-pyrrole nitrogens is 1. The van der Waals surface area contributed by atoms with E-state index in [1.165, 1.54) is 0 Å². The lowest BCUT2D eigenvalue weighted by atomic mass is 10.1. The molecule has 0 saturated heterocycles. The van der Waals surface area contributed by atoms with E-state index in [0.29, 0.717) is 17.3 Å². The fraction of sp³-hybridized carbons (Fsp3) is 0.211. The monoisotopic (exact) mass is 336 g/mol. The first kappa shape index (κ1) is 16.9. The van der Waals surface area contributed by atoms with Crippen LogP contribution in [0.15, 0.2) is 53.3 Å². The minimum atomic E-state index is -0.313. The number of rotatable bonds is 5. The second-order valence-electron chi connectivity index (χ2n) is 6.14. The van der Waals surface area contributed by atoms with Crippen LogP contribution in [0.2, 0.25) is 0 Å². The molecule has 25 heavy (non-hydrogen) atoms. The van der Waals surface area contributed by atoms with Crippen LogP contribution in [0, 0.1) is 0 Å². The summed E-state index contributed by atoms with van der Waals surface area (Å²) in [5.74, 6) is -0.313. The van der Waals surface area contributed by atoms with Crippen molar-refractivity contribution in [1.82, 2.24) is 20.4 Å². The Morgan fingerprint density at radius 3 is 2.40 bits per heavy atom. The molecule has 6 heteroatoms. The molecule has 1 heterocycles. The Morgan fingerprint density at radius 2 is 1.68 bits per heavy atom. The number of benzene rings is 2. The summed E-state index contributed by atoms with van der Waals surface area (Å²) in [5.41, 5.74) is 2.13. The van der Waals surface area contributed by atoms with Crippen LogP contribution in [0.3, 0.4) is 0 Å². The highest BCUT2D eigenvalue weighted by Crippen LogP contribution is 2.14. The maximum Gasteiger partial charge on any atom is 0.272 e. The van der Waals surface area contributed by atoms with Crippen molar-refractivity contribution in [1.29, 1.82) is 0 Å². The highest BCUT2D eigenvalue weighted by molar-refractivity contribution is 6.04. The summed E-state index contributed by atoms with van der Waals surface area (Å²) in [7, 11) is 4.01. The molecule has 0 aliphatic rings. The minimum absolute atomic E-state index is 0.222. The molecule has 0 atom stereocenters. The van der Waals surface area contributed by atoms with E-state index >= 15 is 0 Å². The molecule has 0 aliphatic heterocycles. The third kappa shape index (κ3) is 3.75. The van der Waals surface area contributed by atoms with Crippen LogP contribution in [0.25, 0.3) is 10.8 Å². The Kier molecular flexibility index (Phi) is 4.90. The van der Waals surface area contributed by atoms with Gasteiger partial charge in [-0.25, -0.2) is 5.10 Å². The maximum atomic E-state index is 12.6. The topological polar surface area (TPSA) is 78.1 Å². The molecule has 0 spiro atoms. The molecule has 1 aromatic heterocycles. The standard InChI is InChI=1S/C19H20N4O2/c1-23(2)12-14-8-4-3-7-13(14)11-20-19(25)17-15-9-5-6-10-16(15)18(24)22-21-17/h3-10H,11-12H2,1-2H3,(H,20,25)(H,22,24). The first-order chi connectivity index (χ1) is 12.1. The molecule has 0 unspecified atom stereocenters. The van der Waals surface area contributed by atoms with Crippen LogP contribution in [-0.4, -0.2) is 35.1 Å². The van der Waals surface area contributed by atoms with Gasteiger partial charge in [0.05, 0.1) is 5.39 Å². The first-order valence-corrected chi connectivity index (χ1v) is 8.03. The number of carbonyl (C=O) groups is 1. The van der Waals surface area contributed by atoms with Crippen LogP contribution in [-0.2, 0) is 13.1 Å². The zero-order chi connectivity index (χ0) is 17.8. The summed E-state index contributed by atoms with van der Waals surface area (Å²) in [6.45, 7) is 1.20. The molecule has 3 rings (SSSR count). The number of aromatic nitrogens is 2. The van der Waals surface area contributed by atoms with Crippen molar-refractivity contribution in [3.05, 3.63) is 75.7 Å². The van der Waals surface area contributed by atoms with Gasteiger partial charge in [-0.15, -0.1) is 0 Å². The second kappa shape index (κ2) is 7.27. The smallest absolute Gasteiger partial charge is 0.272 e. The number of aromatic amines is 1. The SMILES string of the molecule is CN(C)Cc1ccccc1CNC(=O)c1n[nH]c(=O)c2ccccc12. The summed E-state index contributed by atoms with van der Waals surface area (Å²) in [4.78, 5) is 26.5. The average molecular weight is 336 g/mol. The van der Waals surface area contributed by atoms with E-state index in [0.717, 1.165) is 17.7 Å². The molecule has 128 valence electrons. The molecule has 0 bridgehead atoms. The lowest BCUT2D eigenvalue weighted by molar-refractivity contribution is 0.0946. The van der Waals surface area contributed by atoms with E-state index in [2.05, 4.69) is 26.5 Å². The van der Waals surface area contributed by atoms with E-state index in [-0.39, 0.29) is 17.2 Å². The van der Waals surface area contributed by atoms with Gasteiger partial charge in [0.1, 0.15) is 0 Å². The van der Waals surface area contributed by atoms with Gasteiger partial charge < -0.3 is 10.2 Å². The van der Waals surface area contributed by atoms with Gasteiger partial charge in [0.25, 0.3) is 11.5 Å². The third-order valence-electron chi connectivity index (χ3n) is 3.96. The maximum absolute atomic E-state index is 12.6. The van der Waals surface area contributed by atoms with Gasteiger partial charge >= 0.3 is 0 Å². The Bertz CT molecular complexity index is 963. The van der Waals surface area contributed by atoms with Crippen LogP contribution < -0.4 is 10.9 Å². The predicted molar refractivity (Wildman–Crippen MR) is 97.4 cm³/mol. The van der Waals surface area contributed by atoms with Gasteiger partial charge in [0.15, 0.2) is 5.69 Å². The molecule has 2 aromatic carbocycles. The Hall–Kier alpha value is -2.99. The molecule has 6 nitrogen and oxygen atoms in total. The number of nitrogens with one attached hydrogen (secondary N) is 2. The molecule has 1 amide bonds. The van der Waals surface area contributed by atoms with Crippen molar-refractivity contribution in [3.63, 3.8) is 0 Å². The van der Waals surface area contributed by atoms with E-state index in [9.17, 15) is 9.59 Å². The van der Waals surface area contributed by atoms with E-state index in [1.807, 2.05) is 32.3 Å². The lowest BCUT2D eigenvalue weighted by Crippen LogP contribution is -2.27. The highest BCUT2D eigenvalue weighted by Gasteiger charge is 2.14. The van der Waals surface area contributed by atoms with Gasteiger partial charge in [-0.1, -0.05) is 42.5 Å². The first-order valence-electron chi connectivity index (χ1n) is 8.03. The van der Waals surface area contributed by atoms with Crippen molar-refractivity contribution in [2.75, 3.05) is 14.1 Å². The molecule has 0 saturated carbocycles. The summed E-state index contributed by atoms with van der Waals surface area (Å²) >= 11 is 0. The van der Waals surface area contributed by atoms with Crippen LogP contribution >= 0.6 is 0 Å². The van der Waals surface area contributed by atoms with E-state index in [1.54, 1.807) is 24.3 Å². The van der Waals surface area contributed by atoms with Crippen LogP contribution in [0.5, 0.6) is 0 Å². The highest BCUT2D eigenvalue weighted by atomic mass is 16.2. The normalized spacial score (nSPS) is 11.0. The van der Waals surface area contributed by atoms with Crippen molar-refractivity contribution >= 4 is 16.7 Å². The predicted octanol–water partition coefficient (Wildman–Crippen LogP) is 1.91. The van der Waals surface area contributed by atoms with Gasteiger partial charge in [0.2, 0.25) is 0 Å². The van der Waals surface area contributed by atoms with Crippen LogP contribution in [0.1, 0.15) is 21.6 Å². The average Bonchev–Trinajstić information content (AvgIpc) is 2.61. The van der Waals surface area contributed by atoms with Crippen molar-refractivity contribution in [3.8, 4) is 0 Å². The molecular formula is C19H20N4O2. The number of carbonyl (C=O) groups excluding carboxylic acids is 1. The molecule has 0 aliphatic carbocycles. The molecular weight excluding hydrogens is 316 g/mol. The Labute approximate surface area is 145 Å². The third-order valence-corrected chi connectivity index (χ3v) is 3.96. The van der Waals surface area contributed by atoms with E-state index < -0.39 is 0 Å². The summed E-state index contributed by atoms with van der Waals surface area (Å²) in [6, 6.07) is 14.9. The molecule has 0 radical (unpaired) electrons. The number of hydrogen-bond donors (Lipinski definition) is 2. The largest absolute Gasteiger partial charge is 0.347 e. The fourth-order valence-corrected chi connectivity index (χ4v) is 2.77. The van der Waals surface area contributed by atoms with Crippen LogP contribution in [0.4, 0.5) is 0 Å². The molecule has 2 N–H and O–H groups in total. The quantitative estimate of drug-likeness (QED) is 0.746. The summed E-state index contributed by atoms with van der Waals surface area (Å²) in [6.07, 6.45) is 0. The van der Waals surface area contributed by atoms with Crippen molar-refractivity contribution in [2.45, 2.75) is 13.1 Å². The number of hydrogen-bond acceptors (Lipinski definition) is 4. The molecule has 0 fully saturated rings. The fourth-order valence-electron chi connectivity index (χ4n) is 2.77. The van der Waals surface area contributed by atoms with Crippen molar-refractivity contribution in [2.24, 2.45) is 0 Å². The second-order valence-corrected chi connectivity index (χ2v) is 6.14. The zero-order valence-electron chi connectivity index (χ0n) is 14.2. The summed E-state index contributed by atoms with van der Waals surface area (Å²) < 4.78 is 0. The lowest BCUT2D eigenvalue weighted by Gasteiger charge is -2.14. The van der Waals surface area contributed by atoms with Gasteiger partial charge in [-0.3, -0.25) is 9.59 Å². The number of fused-ring (bicyclic) bond motifs is 1. The minimum Gasteiger partial charge on any atom is -0.347 e. The zero-order valence-corrected chi connectivity index (χ0v) is 14.2. The van der Waals surface area contributed by atoms with E-state index in [4.69, 9.17) is 0 Å². The number of amides is 1. The number of nitrogens with zero attached hydrogens (tertiary/aromatic N) is 2. The molecule has 3 aromatic rings. The van der Waals surface area contributed by atoms with Gasteiger partial charge in [0, 0.05) is 18.5 Å². The summed E-state index contributed by atoms with van der Waals surface area (Å²) in [5, 5.41) is 10.2.